The van der Waals surface area contributed by atoms with Gasteiger partial charge < -0.3 is 15.2 Å². The van der Waals surface area contributed by atoms with Gasteiger partial charge in [-0.25, -0.2) is 9.98 Å². The quantitative estimate of drug-likeness (QED) is 0.476. The number of imidazole rings is 1. The number of hydrogen-bond donors (Lipinski definition) is 1. The molecule has 0 unspecified atom stereocenters. The molecule has 0 spiro atoms. The van der Waals surface area contributed by atoms with E-state index in [1.165, 1.54) is 25.7 Å². The highest BCUT2D eigenvalue weighted by atomic mass is 127. The van der Waals surface area contributed by atoms with Crippen molar-refractivity contribution in [2.24, 2.45) is 16.6 Å². The highest BCUT2D eigenvalue weighted by Gasteiger charge is 2.11. The van der Waals surface area contributed by atoms with Crippen molar-refractivity contribution in [2.75, 3.05) is 13.1 Å². The van der Waals surface area contributed by atoms with E-state index in [1.807, 2.05) is 12.4 Å². The highest BCUT2D eigenvalue weighted by Crippen LogP contribution is 2.10. The van der Waals surface area contributed by atoms with Crippen molar-refractivity contribution in [3.63, 3.8) is 0 Å². The molecule has 1 aromatic heterocycles. The van der Waals surface area contributed by atoms with E-state index in [0.29, 0.717) is 18.4 Å². The molecule has 2 rings (SSSR count). The summed E-state index contributed by atoms with van der Waals surface area (Å²) in [6, 6.07) is 0. The molecule has 6 heteroatoms. The van der Waals surface area contributed by atoms with Gasteiger partial charge in [0.15, 0.2) is 5.96 Å². The molecule has 0 atom stereocenters. The van der Waals surface area contributed by atoms with Crippen molar-refractivity contribution in [1.29, 1.82) is 0 Å². The standard InChI is InChI=1S/C15H27N5.HI/c1-13(2)12-20-10-7-17-14(20)11-18-15(16)19-8-5-3-4-6-9-19;/h7,10,13H,3-6,8-9,11-12H2,1-2H3,(H2,16,18);1H. The second-order valence-electron chi connectivity index (χ2n) is 5.97. The first-order valence-electron chi connectivity index (χ1n) is 7.71. The fraction of sp³-hybridized carbons (Fsp3) is 0.733. The van der Waals surface area contributed by atoms with E-state index >= 15 is 0 Å². The van der Waals surface area contributed by atoms with Crippen LogP contribution in [0.2, 0.25) is 0 Å². The van der Waals surface area contributed by atoms with Crippen molar-refractivity contribution in [2.45, 2.75) is 52.6 Å². The number of aromatic nitrogens is 2. The minimum absolute atomic E-state index is 0. The van der Waals surface area contributed by atoms with Gasteiger partial charge in [-0.15, -0.1) is 24.0 Å². The van der Waals surface area contributed by atoms with Gasteiger partial charge in [0.2, 0.25) is 0 Å². The lowest BCUT2D eigenvalue weighted by molar-refractivity contribution is 0.427. The third-order valence-corrected chi connectivity index (χ3v) is 3.68. The van der Waals surface area contributed by atoms with Gasteiger partial charge >= 0.3 is 0 Å². The van der Waals surface area contributed by atoms with Gasteiger partial charge in [-0.2, -0.15) is 0 Å². The normalized spacial score (nSPS) is 16.7. The van der Waals surface area contributed by atoms with Crippen LogP contribution in [0, 0.1) is 5.92 Å². The summed E-state index contributed by atoms with van der Waals surface area (Å²) in [6.45, 7) is 8.04. The number of halogens is 1. The minimum Gasteiger partial charge on any atom is -0.370 e. The van der Waals surface area contributed by atoms with Crippen LogP contribution in [0.3, 0.4) is 0 Å². The van der Waals surface area contributed by atoms with E-state index in [4.69, 9.17) is 5.73 Å². The lowest BCUT2D eigenvalue weighted by atomic mass is 10.2. The summed E-state index contributed by atoms with van der Waals surface area (Å²) in [5.74, 6) is 2.28. The maximum atomic E-state index is 6.12. The van der Waals surface area contributed by atoms with Gasteiger partial charge in [-0.1, -0.05) is 26.7 Å². The first-order valence-corrected chi connectivity index (χ1v) is 7.71. The fourth-order valence-electron chi connectivity index (χ4n) is 2.60. The number of nitrogens with two attached hydrogens (primary N) is 1. The molecule has 5 nitrogen and oxygen atoms in total. The number of hydrogen-bond acceptors (Lipinski definition) is 2. The lowest BCUT2D eigenvalue weighted by Gasteiger charge is -2.21. The SMILES string of the molecule is CC(C)Cn1ccnc1CN=C(N)N1CCCCCC1.I. The average molecular weight is 405 g/mol. The monoisotopic (exact) mass is 405 g/mol. The van der Waals surface area contributed by atoms with E-state index in [0.717, 1.165) is 25.5 Å². The molecular weight excluding hydrogens is 377 g/mol. The molecule has 1 aliphatic rings. The molecule has 0 bridgehead atoms. The van der Waals surface area contributed by atoms with Gasteiger partial charge in [0.05, 0.1) is 0 Å². The zero-order chi connectivity index (χ0) is 14.4. The topological polar surface area (TPSA) is 59.4 Å². The molecule has 1 aliphatic heterocycles. The highest BCUT2D eigenvalue weighted by molar-refractivity contribution is 14.0. The van der Waals surface area contributed by atoms with Gasteiger partial charge in [-0.3, -0.25) is 0 Å². The Morgan fingerprint density at radius 2 is 1.95 bits per heavy atom. The lowest BCUT2D eigenvalue weighted by Crippen LogP contribution is -2.38. The number of nitrogens with zero attached hydrogens (tertiary/aromatic N) is 4. The Hall–Kier alpha value is -0.790. The van der Waals surface area contributed by atoms with Gasteiger partial charge in [-0.05, 0) is 18.8 Å². The summed E-state index contributed by atoms with van der Waals surface area (Å²) in [6.07, 6.45) is 8.92. The zero-order valence-corrected chi connectivity index (χ0v) is 15.5. The molecule has 0 saturated carbocycles. The number of likely N-dealkylation sites (tertiary alicyclic amines) is 1. The van der Waals surface area contributed by atoms with Crippen LogP contribution in [-0.2, 0) is 13.1 Å². The average Bonchev–Trinajstić information content (AvgIpc) is 2.67. The Morgan fingerprint density at radius 3 is 2.57 bits per heavy atom. The molecule has 120 valence electrons. The predicted molar refractivity (Wildman–Crippen MR) is 97.8 cm³/mol. The molecular formula is C15H28IN5. The Morgan fingerprint density at radius 1 is 1.29 bits per heavy atom. The van der Waals surface area contributed by atoms with E-state index in [1.54, 1.807) is 0 Å². The largest absolute Gasteiger partial charge is 0.370 e. The summed E-state index contributed by atoms with van der Waals surface area (Å²) in [7, 11) is 0. The molecule has 21 heavy (non-hydrogen) atoms. The van der Waals surface area contributed by atoms with Crippen LogP contribution in [0.25, 0.3) is 0 Å². The molecule has 0 radical (unpaired) electrons. The predicted octanol–water partition coefficient (Wildman–Crippen LogP) is 2.85. The summed E-state index contributed by atoms with van der Waals surface area (Å²) >= 11 is 0. The Balaban J connectivity index is 0.00000220. The van der Waals surface area contributed by atoms with Crippen molar-refractivity contribution >= 4 is 29.9 Å². The third kappa shape index (κ3) is 5.84. The van der Waals surface area contributed by atoms with Crippen LogP contribution in [0.15, 0.2) is 17.4 Å². The Bertz CT molecular complexity index is 433. The number of rotatable bonds is 4. The number of aliphatic imine (C=N–C) groups is 1. The Labute approximate surface area is 145 Å². The fourth-order valence-corrected chi connectivity index (χ4v) is 2.60. The first-order chi connectivity index (χ1) is 9.66. The summed E-state index contributed by atoms with van der Waals surface area (Å²) in [4.78, 5) is 11.1. The first kappa shape index (κ1) is 18.3. The van der Waals surface area contributed by atoms with Crippen LogP contribution >= 0.6 is 24.0 Å². The van der Waals surface area contributed by atoms with E-state index in [-0.39, 0.29) is 24.0 Å². The van der Waals surface area contributed by atoms with Gasteiger partial charge in [0, 0.05) is 32.0 Å². The van der Waals surface area contributed by atoms with Crippen LogP contribution in [0.1, 0.15) is 45.4 Å². The van der Waals surface area contributed by atoms with E-state index < -0.39 is 0 Å². The molecule has 0 aliphatic carbocycles. The van der Waals surface area contributed by atoms with Crippen LogP contribution in [0.5, 0.6) is 0 Å². The molecule has 1 saturated heterocycles. The molecule has 1 aromatic rings. The minimum atomic E-state index is 0. The molecule has 2 heterocycles. The second kappa shape index (κ2) is 9.27. The maximum Gasteiger partial charge on any atom is 0.191 e. The third-order valence-electron chi connectivity index (χ3n) is 3.68. The second-order valence-corrected chi connectivity index (χ2v) is 5.97. The molecule has 0 amide bonds. The summed E-state index contributed by atoms with van der Waals surface area (Å²) < 4.78 is 2.17. The Kier molecular flexibility index (Phi) is 8.06. The molecule has 2 N–H and O–H groups in total. The van der Waals surface area contributed by atoms with Crippen molar-refractivity contribution in [3.8, 4) is 0 Å². The van der Waals surface area contributed by atoms with Gasteiger partial charge in [0.1, 0.15) is 12.4 Å². The molecule has 0 aromatic carbocycles. The van der Waals surface area contributed by atoms with Crippen molar-refractivity contribution in [3.05, 3.63) is 18.2 Å². The van der Waals surface area contributed by atoms with Crippen molar-refractivity contribution in [1.82, 2.24) is 14.5 Å². The maximum absolute atomic E-state index is 6.12. The number of guanidine groups is 1. The van der Waals surface area contributed by atoms with E-state index in [2.05, 4.69) is 33.3 Å². The van der Waals surface area contributed by atoms with Gasteiger partial charge in [0.25, 0.3) is 0 Å². The van der Waals surface area contributed by atoms with Crippen LogP contribution < -0.4 is 5.73 Å². The zero-order valence-electron chi connectivity index (χ0n) is 13.2. The summed E-state index contributed by atoms with van der Waals surface area (Å²) in [5.41, 5.74) is 6.12. The van der Waals surface area contributed by atoms with Crippen LogP contribution in [0.4, 0.5) is 0 Å². The van der Waals surface area contributed by atoms with Crippen LogP contribution in [-0.4, -0.2) is 33.5 Å². The smallest absolute Gasteiger partial charge is 0.191 e. The summed E-state index contributed by atoms with van der Waals surface area (Å²) in [5, 5.41) is 0. The molecule has 1 fully saturated rings. The van der Waals surface area contributed by atoms with E-state index in [9.17, 15) is 0 Å². The van der Waals surface area contributed by atoms with Crippen molar-refractivity contribution < 1.29 is 0 Å².